The van der Waals surface area contributed by atoms with Crippen molar-refractivity contribution in [3.8, 4) is 0 Å². The van der Waals surface area contributed by atoms with Gasteiger partial charge in [-0.3, -0.25) is 9.59 Å². The van der Waals surface area contributed by atoms with Crippen LogP contribution in [0.1, 0.15) is 51.9 Å². The number of carbonyl (C=O) groups excluding carboxylic acids is 2. The predicted octanol–water partition coefficient (Wildman–Crippen LogP) is 2.11. The monoisotopic (exact) mass is 611 g/mol. The molecule has 0 aromatic carbocycles. The fraction of sp³-hybridized carbons (Fsp3) is 0.920. The molecule has 2 N–H and O–H groups in total. The van der Waals surface area contributed by atoms with Gasteiger partial charge >= 0.3 is 0 Å². The van der Waals surface area contributed by atoms with Gasteiger partial charge in [0.15, 0.2) is 40.8 Å². The van der Waals surface area contributed by atoms with Crippen molar-refractivity contribution in [3.63, 3.8) is 0 Å². The molecule has 0 aliphatic heterocycles. The molecule has 0 bridgehead atoms. The summed E-state index contributed by atoms with van der Waals surface area (Å²) in [5.74, 6) is 0.00138. The summed E-state index contributed by atoms with van der Waals surface area (Å²) in [5.41, 5.74) is 8.09. The molecule has 17 heteroatoms. The summed E-state index contributed by atoms with van der Waals surface area (Å²) in [5, 5.41) is 8.99. The third-order valence-electron chi connectivity index (χ3n) is 4.83. The molecule has 0 aromatic heterocycles. The Morgan fingerprint density at radius 1 is 0.571 bits per heavy atom. The Morgan fingerprint density at radius 3 is 1.52 bits per heavy atom. The number of unbranched alkanes of at least 4 members (excludes halogenated alkanes) is 3. The van der Waals surface area contributed by atoms with E-state index in [1.165, 1.54) is 0 Å². The van der Waals surface area contributed by atoms with E-state index in [2.05, 4.69) is 27.6 Å². The van der Waals surface area contributed by atoms with E-state index in [0.29, 0.717) is 52.0 Å². The highest BCUT2D eigenvalue weighted by Gasteiger charge is 2.04. The van der Waals surface area contributed by atoms with Gasteiger partial charge in [0.2, 0.25) is 11.8 Å². The minimum Gasteiger partial charge on any atom is -0.377 e. The van der Waals surface area contributed by atoms with Crippen molar-refractivity contribution in [3.05, 3.63) is 10.4 Å². The van der Waals surface area contributed by atoms with Crippen LogP contribution >= 0.6 is 0 Å². The minimum absolute atomic E-state index is 0.0169. The van der Waals surface area contributed by atoms with Gasteiger partial charge in [0, 0.05) is 37.4 Å². The number of hydrogen-bond acceptors (Lipinski definition) is 13. The van der Waals surface area contributed by atoms with Crippen LogP contribution in [-0.2, 0) is 57.0 Å². The zero-order valence-corrected chi connectivity index (χ0v) is 24.8. The van der Waals surface area contributed by atoms with E-state index in [9.17, 15) is 9.59 Å². The van der Waals surface area contributed by atoms with Crippen molar-refractivity contribution >= 4 is 11.8 Å². The number of carbonyl (C=O) groups is 2. The molecule has 0 unspecified atom stereocenters. The molecule has 0 fully saturated rings. The Balaban J connectivity index is 3.18. The summed E-state index contributed by atoms with van der Waals surface area (Å²) in [6.45, 7) is 4.71. The molecule has 0 saturated carbocycles. The third kappa shape index (κ3) is 34.1. The van der Waals surface area contributed by atoms with Gasteiger partial charge in [-0.25, -0.2) is 0 Å². The first-order valence-corrected chi connectivity index (χ1v) is 14.0. The van der Waals surface area contributed by atoms with E-state index < -0.39 is 0 Å². The van der Waals surface area contributed by atoms with Gasteiger partial charge in [-0.2, -0.15) is 0 Å². The summed E-state index contributed by atoms with van der Waals surface area (Å²) >= 11 is 0. The van der Waals surface area contributed by atoms with Gasteiger partial charge in [-0.1, -0.05) is 24.9 Å². The van der Waals surface area contributed by atoms with Crippen LogP contribution in [0.25, 0.3) is 10.4 Å². The Hall–Kier alpha value is -2.15. The van der Waals surface area contributed by atoms with E-state index in [1.807, 2.05) is 0 Å². The molecule has 0 heterocycles. The Morgan fingerprint density at radius 2 is 1.02 bits per heavy atom. The molecule has 17 nitrogen and oxygen atoms in total. The summed E-state index contributed by atoms with van der Waals surface area (Å²) in [6, 6.07) is 0. The van der Waals surface area contributed by atoms with Crippen molar-refractivity contribution in [1.29, 1.82) is 0 Å². The molecule has 0 aliphatic carbocycles. The molecule has 42 heavy (non-hydrogen) atoms. The van der Waals surface area contributed by atoms with Gasteiger partial charge in [-0.15, -0.1) is 0 Å². The number of rotatable bonds is 34. The molecule has 0 radical (unpaired) electrons. The highest BCUT2D eigenvalue weighted by atomic mass is 16.8. The normalized spacial score (nSPS) is 10.9. The van der Waals surface area contributed by atoms with Crippen molar-refractivity contribution in [2.45, 2.75) is 51.9 Å². The van der Waals surface area contributed by atoms with E-state index in [-0.39, 0.29) is 79.3 Å². The zero-order chi connectivity index (χ0) is 30.6. The van der Waals surface area contributed by atoms with Crippen molar-refractivity contribution in [2.24, 2.45) is 5.11 Å². The summed E-state index contributed by atoms with van der Waals surface area (Å²) in [4.78, 5) is 26.1. The third-order valence-corrected chi connectivity index (χ3v) is 4.83. The lowest BCUT2D eigenvalue weighted by Crippen LogP contribution is -2.27. The van der Waals surface area contributed by atoms with Crippen LogP contribution < -0.4 is 10.6 Å². The molecule has 0 aliphatic rings. The van der Waals surface area contributed by atoms with E-state index in [1.54, 1.807) is 0 Å². The van der Waals surface area contributed by atoms with E-state index in [4.69, 9.17) is 52.9 Å². The Labute approximate surface area is 247 Å². The first-order chi connectivity index (χ1) is 20.7. The molecule has 2 amide bonds. The summed E-state index contributed by atoms with van der Waals surface area (Å²) < 4.78 is 51.0. The highest BCUT2D eigenvalue weighted by Crippen LogP contribution is 2.00. The standard InChI is InChI=1S/C25H49N5O12/c1-2-3-6-9-27-24(31)7-4-5-8-25(32)28-10-12-33-14-15-35-17-37-19-39-21-41-23-42-22-40-20-38-18-36-16-34-13-11-29-30-26/h2-23H2,1H3,(H,27,31)(H,28,32). The summed E-state index contributed by atoms with van der Waals surface area (Å²) in [6.07, 6.45) is 5.47. The first-order valence-electron chi connectivity index (χ1n) is 14.0. The van der Waals surface area contributed by atoms with Crippen LogP contribution in [0.4, 0.5) is 0 Å². The Kier molecular flexibility index (Phi) is 33.3. The number of azide groups is 1. The van der Waals surface area contributed by atoms with Gasteiger partial charge < -0.3 is 58.0 Å². The van der Waals surface area contributed by atoms with Crippen LogP contribution in [0.2, 0.25) is 0 Å². The number of hydrogen-bond donors (Lipinski definition) is 2. The van der Waals surface area contributed by atoms with Crippen molar-refractivity contribution in [2.75, 3.05) is 100 Å². The molecule has 246 valence electrons. The lowest BCUT2D eigenvalue weighted by atomic mass is 10.1. The minimum atomic E-state index is -0.0493. The van der Waals surface area contributed by atoms with E-state index >= 15 is 0 Å². The molecule has 0 atom stereocenters. The van der Waals surface area contributed by atoms with Crippen molar-refractivity contribution < 1.29 is 57.0 Å². The second-order valence-corrected chi connectivity index (χ2v) is 8.37. The predicted molar refractivity (Wildman–Crippen MR) is 147 cm³/mol. The van der Waals surface area contributed by atoms with Crippen LogP contribution in [0, 0.1) is 0 Å². The quantitative estimate of drug-likeness (QED) is 0.0354. The maximum Gasteiger partial charge on any atom is 0.220 e. The number of amides is 2. The topological polar surface area (TPSA) is 199 Å². The fourth-order valence-corrected chi connectivity index (χ4v) is 2.81. The van der Waals surface area contributed by atoms with Crippen LogP contribution in [0.5, 0.6) is 0 Å². The molecule has 0 spiro atoms. The van der Waals surface area contributed by atoms with Crippen molar-refractivity contribution in [1.82, 2.24) is 10.6 Å². The second kappa shape index (κ2) is 35.0. The Bertz CT molecular complexity index is 659. The fourth-order valence-electron chi connectivity index (χ4n) is 2.81. The first kappa shape index (κ1) is 39.8. The smallest absolute Gasteiger partial charge is 0.220 e. The highest BCUT2D eigenvalue weighted by molar-refractivity contribution is 5.77. The lowest BCUT2D eigenvalue weighted by molar-refractivity contribution is -0.226. The summed E-state index contributed by atoms with van der Waals surface area (Å²) in [7, 11) is 0. The molecule has 0 rings (SSSR count). The maximum absolute atomic E-state index is 11.8. The molecule has 0 aromatic rings. The van der Waals surface area contributed by atoms with Crippen LogP contribution in [0.3, 0.4) is 0 Å². The average molecular weight is 612 g/mol. The van der Waals surface area contributed by atoms with E-state index in [0.717, 1.165) is 25.8 Å². The molecule has 0 saturated heterocycles. The van der Waals surface area contributed by atoms with Gasteiger partial charge in [-0.05, 0) is 24.8 Å². The molecular weight excluding hydrogens is 562 g/mol. The number of ether oxygens (including phenoxy) is 10. The number of nitrogens with one attached hydrogen (secondary N) is 2. The van der Waals surface area contributed by atoms with Gasteiger partial charge in [0.05, 0.1) is 26.4 Å². The average Bonchev–Trinajstić information content (AvgIpc) is 2.99. The second-order valence-electron chi connectivity index (χ2n) is 8.37. The van der Waals surface area contributed by atoms with Gasteiger partial charge in [0.1, 0.15) is 13.6 Å². The maximum atomic E-state index is 11.8. The van der Waals surface area contributed by atoms with Gasteiger partial charge in [0.25, 0.3) is 0 Å². The SMILES string of the molecule is CCCCCNC(=O)CCCCC(=O)NCCOCCOCOCOCOCOCOCOCOCOCCN=[N+]=[N-]. The van der Waals surface area contributed by atoms with Crippen LogP contribution in [-0.4, -0.2) is 112 Å². The lowest BCUT2D eigenvalue weighted by Gasteiger charge is -2.09. The zero-order valence-electron chi connectivity index (χ0n) is 24.8. The molecular formula is C25H49N5O12. The van der Waals surface area contributed by atoms with Crippen LogP contribution in [0.15, 0.2) is 5.11 Å². The largest absolute Gasteiger partial charge is 0.377 e. The number of nitrogens with zero attached hydrogens (tertiary/aromatic N) is 3.